The molecule has 0 bridgehead atoms. The Bertz CT molecular complexity index is 843. The van der Waals surface area contributed by atoms with Crippen LogP contribution in [0.4, 0.5) is 5.95 Å². The third-order valence-electron chi connectivity index (χ3n) is 4.78. The van der Waals surface area contributed by atoms with Crippen molar-refractivity contribution in [3.63, 3.8) is 0 Å². The molecule has 1 saturated heterocycles. The van der Waals surface area contributed by atoms with E-state index >= 15 is 0 Å². The first kappa shape index (κ1) is 14.7. The molecule has 4 rings (SSSR count). The van der Waals surface area contributed by atoms with Crippen molar-refractivity contribution in [2.45, 2.75) is 13.0 Å². The summed E-state index contributed by atoms with van der Waals surface area (Å²) in [5.74, 6) is 0.921. The number of rotatable bonds is 3. The summed E-state index contributed by atoms with van der Waals surface area (Å²) in [6.07, 6.45) is 0.733. The lowest BCUT2D eigenvalue weighted by atomic mass is 10.1. The largest absolute Gasteiger partial charge is 0.369 e. The Morgan fingerprint density at radius 1 is 1.38 bits per heavy atom. The van der Waals surface area contributed by atoms with Gasteiger partial charge in [-0.25, -0.2) is 0 Å². The highest BCUT2D eigenvalue weighted by Crippen LogP contribution is 2.28. The maximum Gasteiger partial charge on any atom is 0.251 e. The molecule has 2 aliphatic rings. The molecule has 0 spiro atoms. The molecule has 1 atom stereocenters. The number of nitrogens with zero attached hydrogens (tertiary/aromatic N) is 4. The van der Waals surface area contributed by atoms with E-state index in [-0.39, 0.29) is 17.7 Å². The zero-order valence-electron chi connectivity index (χ0n) is 13.3. The fourth-order valence-electron chi connectivity index (χ4n) is 3.37. The molecular formula is C16H18N6O2. The molecule has 0 aliphatic carbocycles. The Morgan fingerprint density at radius 2 is 2.21 bits per heavy atom. The van der Waals surface area contributed by atoms with Gasteiger partial charge in [0, 0.05) is 37.8 Å². The van der Waals surface area contributed by atoms with E-state index in [9.17, 15) is 9.59 Å². The van der Waals surface area contributed by atoms with E-state index in [1.165, 1.54) is 0 Å². The molecule has 1 unspecified atom stereocenters. The lowest BCUT2D eigenvalue weighted by Crippen LogP contribution is -2.28. The monoisotopic (exact) mass is 326 g/mol. The summed E-state index contributed by atoms with van der Waals surface area (Å²) in [4.78, 5) is 25.2. The highest BCUT2D eigenvalue weighted by Gasteiger charge is 2.30. The first-order chi connectivity index (χ1) is 11.5. The number of amides is 2. The summed E-state index contributed by atoms with van der Waals surface area (Å²) >= 11 is 0. The summed E-state index contributed by atoms with van der Waals surface area (Å²) in [6.45, 7) is 1.86. The van der Waals surface area contributed by atoms with Crippen molar-refractivity contribution in [3.8, 4) is 11.4 Å². The number of fused-ring (bicyclic) bond motifs is 1. The number of carbonyl (C=O) groups excluding carboxylic acids is 2. The number of nitrogens with two attached hydrogens (primary N) is 1. The van der Waals surface area contributed by atoms with Gasteiger partial charge in [0.15, 0.2) is 5.82 Å². The normalized spacial score (nSPS) is 19.5. The van der Waals surface area contributed by atoms with Crippen molar-refractivity contribution in [1.29, 1.82) is 0 Å². The van der Waals surface area contributed by atoms with Crippen molar-refractivity contribution in [2.75, 3.05) is 18.0 Å². The van der Waals surface area contributed by atoms with E-state index in [1.807, 2.05) is 34.7 Å². The summed E-state index contributed by atoms with van der Waals surface area (Å²) in [6, 6.07) is 5.74. The van der Waals surface area contributed by atoms with E-state index in [1.54, 1.807) is 0 Å². The minimum atomic E-state index is -0.274. The summed E-state index contributed by atoms with van der Waals surface area (Å²) in [5.41, 5.74) is 7.92. The number of anilines is 1. The zero-order chi connectivity index (χ0) is 16.8. The van der Waals surface area contributed by atoms with Crippen LogP contribution < -0.4 is 16.0 Å². The third-order valence-corrected chi connectivity index (χ3v) is 4.78. The van der Waals surface area contributed by atoms with Gasteiger partial charge in [0.25, 0.3) is 5.91 Å². The summed E-state index contributed by atoms with van der Waals surface area (Å²) < 4.78 is 1.89. The molecule has 0 saturated carbocycles. The van der Waals surface area contributed by atoms with Gasteiger partial charge in [0.2, 0.25) is 11.9 Å². The van der Waals surface area contributed by atoms with Crippen LogP contribution in [-0.4, -0.2) is 39.7 Å². The predicted octanol–water partition coefficient (Wildman–Crippen LogP) is 0.0371. The molecule has 8 heteroatoms. The minimum absolute atomic E-state index is 0.0573. The standard InChI is InChI=1S/C16H18N6O2/c1-21-14(9-2-3-10-7-18-15(24)12(10)6-9)19-20-16(21)22-5-4-11(8-22)13(17)23/h2-3,6,11H,4-5,7-8H2,1H3,(H2,17,23)(H,18,24). The Morgan fingerprint density at radius 3 is 2.96 bits per heavy atom. The van der Waals surface area contributed by atoms with Crippen LogP contribution in [0.1, 0.15) is 22.3 Å². The van der Waals surface area contributed by atoms with E-state index in [0.29, 0.717) is 30.4 Å². The number of nitrogens with one attached hydrogen (secondary N) is 1. The fourth-order valence-corrected chi connectivity index (χ4v) is 3.37. The van der Waals surface area contributed by atoms with Crippen LogP contribution in [0.2, 0.25) is 0 Å². The quantitative estimate of drug-likeness (QED) is 0.828. The molecule has 0 radical (unpaired) electrons. The smallest absolute Gasteiger partial charge is 0.251 e. The van der Waals surface area contributed by atoms with Crippen molar-refractivity contribution in [1.82, 2.24) is 20.1 Å². The van der Waals surface area contributed by atoms with Crippen molar-refractivity contribution in [2.24, 2.45) is 18.7 Å². The molecule has 1 fully saturated rings. The van der Waals surface area contributed by atoms with Gasteiger partial charge in [0.05, 0.1) is 5.92 Å². The second-order valence-electron chi connectivity index (χ2n) is 6.27. The first-order valence-electron chi connectivity index (χ1n) is 7.89. The number of hydrogen-bond acceptors (Lipinski definition) is 5. The second kappa shape index (κ2) is 5.33. The highest BCUT2D eigenvalue weighted by atomic mass is 16.2. The van der Waals surface area contributed by atoms with Gasteiger partial charge in [-0.05, 0) is 18.1 Å². The van der Waals surface area contributed by atoms with E-state index in [4.69, 9.17) is 5.73 Å². The average Bonchev–Trinajstić information content (AvgIpc) is 3.26. The zero-order valence-corrected chi connectivity index (χ0v) is 13.3. The number of aromatic nitrogens is 3. The molecule has 1 aromatic heterocycles. The van der Waals surface area contributed by atoms with Crippen LogP contribution >= 0.6 is 0 Å². The molecule has 3 N–H and O–H groups in total. The van der Waals surface area contributed by atoms with Crippen LogP contribution in [-0.2, 0) is 18.4 Å². The van der Waals surface area contributed by atoms with E-state index in [2.05, 4.69) is 15.5 Å². The van der Waals surface area contributed by atoms with Crippen LogP contribution in [0.25, 0.3) is 11.4 Å². The Hall–Kier alpha value is -2.90. The van der Waals surface area contributed by atoms with Gasteiger partial charge < -0.3 is 16.0 Å². The van der Waals surface area contributed by atoms with Crippen LogP contribution in [0.3, 0.4) is 0 Å². The van der Waals surface area contributed by atoms with Gasteiger partial charge in [-0.3, -0.25) is 14.2 Å². The molecule has 124 valence electrons. The molecule has 2 aliphatic heterocycles. The van der Waals surface area contributed by atoms with Crippen LogP contribution in [0.5, 0.6) is 0 Å². The lowest BCUT2D eigenvalue weighted by molar-refractivity contribution is -0.121. The summed E-state index contributed by atoms with van der Waals surface area (Å²) in [7, 11) is 1.88. The van der Waals surface area contributed by atoms with Crippen LogP contribution in [0.15, 0.2) is 18.2 Å². The topological polar surface area (TPSA) is 106 Å². The molecule has 1 aromatic carbocycles. The first-order valence-corrected chi connectivity index (χ1v) is 7.89. The number of primary amides is 1. The third kappa shape index (κ3) is 2.22. The van der Waals surface area contributed by atoms with Gasteiger partial charge >= 0.3 is 0 Å². The Balaban J connectivity index is 1.65. The van der Waals surface area contributed by atoms with E-state index < -0.39 is 0 Å². The number of benzene rings is 1. The molecule has 2 amide bonds. The van der Waals surface area contributed by atoms with E-state index in [0.717, 1.165) is 24.1 Å². The summed E-state index contributed by atoms with van der Waals surface area (Å²) in [5, 5.41) is 11.4. The fraction of sp³-hybridized carbons (Fsp3) is 0.375. The molecule has 8 nitrogen and oxygen atoms in total. The predicted molar refractivity (Wildman–Crippen MR) is 87.1 cm³/mol. The Labute approximate surface area is 138 Å². The Kier molecular flexibility index (Phi) is 3.26. The molecule has 24 heavy (non-hydrogen) atoms. The van der Waals surface area contributed by atoms with Crippen molar-refractivity contribution >= 4 is 17.8 Å². The van der Waals surface area contributed by atoms with Crippen molar-refractivity contribution in [3.05, 3.63) is 29.3 Å². The van der Waals surface area contributed by atoms with Gasteiger partial charge in [0.1, 0.15) is 0 Å². The highest BCUT2D eigenvalue weighted by molar-refractivity contribution is 5.99. The number of hydrogen-bond donors (Lipinski definition) is 2. The lowest BCUT2D eigenvalue weighted by Gasteiger charge is -2.16. The van der Waals surface area contributed by atoms with Gasteiger partial charge in [-0.1, -0.05) is 12.1 Å². The molecule has 2 aromatic rings. The second-order valence-corrected chi connectivity index (χ2v) is 6.27. The minimum Gasteiger partial charge on any atom is -0.369 e. The average molecular weight is 326 g/mol. The SMILES string of the molecule is Cn1c(-c2ccc3c(c2)C(=O)NC3)nnc1N1CCC(C(N)=O)C1. The van der Waals surface area contributed by atoms with Gasteiger partial charge in [-0.2, -0.15) is 0 Å². The molecular weight excluding hydrogens is 308 g/mol. The van der Waals surface area contributed by atoms with Crippen LogP contribution in [0, 0.1) is 5.92 Å². The number of carbonyl (C=O) groups is 2. The maximum atomic E-state index is 11.8. The van der Waals surface area contributed by atoms with Crippen molar-refractivity contribution < 1.29 is 9.59 Å². The molecule has 3 heterocycles. The maximum absolute atomic E-state index is 11.8. The van der Waals surface area contributed by atoms with Gasteiger partial charge in [-0.15, -0.1) is 10.2 Å².